The van der Waals surface area contributed by atoms with E-state index in [1.165, 1.54) is 0 Å². The van der Waals surface area contributed by atoms with E-state index in [1.807, 2.05) is 24.3 Å². The van der Waals surface area contributed by atoms with Crippen LogP contribution in [-0.2, 0) is 0 Å². The molecular formula is C11H15NO3. The molecule has 82 valence electrons. The summed E-state index contributed by atoms with van der Waals surface area (Å²) in [7, 11) is 1.62. The summed E-state index contributed by atoms with van der Waals surface area (Å²) >= 11 is 0. The molecule has 1 aliphatic rings. The Morgan fingerprint density at radius 1 is 1.33 bits per heavy atom. The fourth-order valence-electron chi connectivity index (χ4n) is 1.61. The number of hydrogen-bond donors (Lipinski definition) is 2. The lowest BCUT2D eigenvalue weighted by molar-refractivity contribution is 0.0736. The first-order valence-corrected chi connectivity index (χ1v) is 4.99. The van der Waals surface area contributed by atoms with Crippen LogP contribution in [0.15, 0.2) is 24.3 Å². The smallest absolute Gasteiger partial charge is 0.138 e. The van der Waals surface area contributed by atoms with E-state index in [9.17, 15) is 5.11 Å². The summed E-state index contributed by atoms with van der Waals surface area (Å²) in [6.45, 7) is 1.27. The van der Waals surface area contributed by atoms with E-state index in [0.717, 1.165) is 11.5 Å². The Morgan fingerprint density at radius 2 is 2.13 bits per heavy atom. The van der Waals surface area contributed by atoms with Gasteiger partial charge in [-0.25, -0.2) is 0 Å². The molecule has 1 saturated heterocycles. The zero-order valence-electron chi connectivity index (χ0n) is 8.64. The van der Waals surface area contributed by atoms with Crippen LogP contribution in [0.4, 0.5) is 0 Å². The highest BCUT2D eigenvalue weighted by atomic mass is 16.5. The first-order valence-electron chi connectivity index (χ1n) is 4.99. The number of rotatable bonds is 3. The standard InChI is InChI=1S/C11H15NO3/c1-14-8-3-2-4-9(5-8)15-11-7-12-6-10(11)13/h2-5,10-13H,6-7H2,1H3. The first kappa shape index (κ1) is 10.3. The molecule has 4 heteroatoms. The molecule has 1 aromatic carbocycles. The van der Waals surface area contributed by atoms with Gasteiger partial charge in [-0.1, -0.05) is 6.07 Å². The van der Waals surface area contributed by atoms with Gasteiger partial charge in [-0.3, -0.25) is 0 Å². The van der Waals surface area contributed by atoms with Crippen LogP contribution in [-0.4, -0.2) is 37.5 Å². The SMILES string of the molecule is COc1cccc(OC2CNCC2O)c1. The molecule has 2 N–H and O–H groups in total. The van der Waals surface area contributed by atoms with E-state index >= 15 is 0 Å². The minimum Gasteiger partial charge on any atom is -0.497 e. The van der Waals surface area contributed by atoms with Crippen molar-refractivity contribution in [3.63, 3.8) is 0 Å². The number of hydrogen-bond acceptors (Lipinski definition) is 4. The van der Waals surface area contributed by atoms with Gasteiger partial charge in [0.25, 0.3) is 0 Å². The van der Waals surface area contributed by atoms with Crippen molar-refractivity contribution in [2.45, 2.75) is 12.2 Å². The summed E-state index contributed by atoms with van der Waals surface area (Å²) in [5.74, 6) is 1.48. The van der Waals surface area contributed by atoms with Crippen LogP contribution in [0.25, 0.3) is 0 Å². The zero-order valence-corrected chi connectivity index (χ0v) is 8.64. The summed E-state index contributed by atoms with van der Waals surface area (Å²) in [4.78, 5) is 0. The van der Waals surface area contributed by atoms with Crippen molar-refractivity contribution in [3.05, 3.63) is 24.3 Å². The van der Waals surface area contributed by atoms with Crippen molar-refractivity contribution in [2.24, 2.45) is 0 Å². The van der Waals surface area contributed by atoms with Crippen LogP contribution in [0, 0.1) is 0 Å². The van der Waals surface area contributed by atoms with E-state index in [0.29, 0.717) is 13.1 Å². The topological polar surface area (TPSA) is 50.7 Å². The number of aliphatic hydroxyl groups excluding tert-OH is 1. The lowest BCUT2D eigenvalue weighted by Gasteiger charge is -2.16. The fraction of sp³-hybridized carbons (Fsp3) is 0.455. The second kappa shape index (κ2) is 4.51. The van der Waals surface area contributed by atoms with E-state index in [-0.39, 0.29) is 6.10 Å². The number of β-amino-alcohol motifs (C(OH)–C–C–N with tert-alkyl or cyclic N) is 1. The Labute approximate surface area is 88.8 Å². The summed E-state index contributed by atoms with van der Waals surface area (Å²) in [6.07, 6.45) is -0.603. The Bertz CT molecular complexity index is 329. The van der Waals surface area contributed by atoms with Crippen LogP contribution < -0.4 is 14.8 Å². The molecule has 1 aliphatic heterocycles. The van der Waals surface area contributed by atoms with Crippen molar-refractivity contribution >= 4 is 0 Å². The number of nitrogens with one attached hydrogen (secondary N) is 1. The highest BCUT2D eigenvalue weighted by Crippen LogP contribution is 2.21. The third-order valence-corrected chi connectivity index (χ3v) is 2.46. The molecule has 1 heterocycles. The maximum Gasteiger partial charge on any atom is 0.138 e. The molecule has 0 amide bonds. The first-order chi connectivity index (χ1) is 7.29. The van der Waals surface area contributed by atoms with E-state index in [2.05, 4.69) is 5.32 Å². The molecule has 0 aliphatic carbocycles. The van der Waals surface area contributed by atoms with Crippen LogP contribution in [0.1, 0.15) is 0 Å². The van der Waals surface area contributed by atoms with Gasteiger partial charge in [-0.15, -0.1) is 0 Å². The van der Waals surface area contributed by atoms with Crippen LogP contribution in [0.2, 0.25) is 0 Å². The number of benzene rings is 1. The average Bonchev–Trinajstić information content (AvgIpc) is 2.65. The quantitative estimate of drug-likeness (QED) is 0.757. The van der Waals surface area contributed by atoms with Gasteiger partial charge < -0.3 is 19.9 Å². The van der Waals surface area contributed by atoms with Gasteiger partial charge in [-0.2, -0.15) is 0 Å². The number of aliphatic hydroxyl groups is 1. The molecule has 15 heavy (non-hydrogen) atoms. The maximum atomic E-state index is 9.56. The molecule has 2 unspecified atom stereocenters. The minimum absolute atomic E-state index is 0.169. The average molecular weight is 209 g/mol. The third kappa shape index (κ3) is 2.40. The predicted molar refractivity (Wildman–Crippen MR) is 56.3 cm³/mol. The van der Waals surface area contributed by atoms with Crippen LogP contribution >= 0.6 is 0 Å². The lowest BCUT2D eigenvalue weighted by atomic mass is 10.2. The molecule has 4 nitrogen and oxygen atoms in total. The molecule has 0 saturated carbocycles. The second-order valence-corrected chi connectivity index (χ2v) is 3.56. The maximum absolute atomic E-state index is 9.56. The highest BCUT2D eigenvalue weighted by Gasteiger charge is 2.26. The van der Waals surface area contributed by atoms with Crippen molar-refractivity contribution in [3.8, 4) is 11.5 Å². The molecule has 0 bridgehead atoms. The molecule has 0 aromatic heterocycles. The van der Waals surface area contributed by atoms with Crippen molar-refractivity contribution < 1.29 is 14.6 Å². The van der Waals surface area contributed by atoms with Gasteiger partial charge in [0.2, 0.25) is 0 Å². The molecule has 0 spiro atoms. The van der Waals surface area contributed by atoms with Gasteiger partial charge in [0.05, 0.1) is 7.11 Å². The summed E-state index contributed by atoms with van der Waals surface area (Å²) < 4.78 is 10.7. The molecule has 2 atom stereocenters. The molecule has 2 rings (SSSR count). The zero-order chi connectivity index (χ0) is 10.7. The molecule has 0 radical (unpaired) electrons. The predicted octanol–water partition coefficient (Wildman–Crippen LogP) is 0.407. The Balaban J connectivity index is 2.03. The fourth-order valence-corrected chi connectivity index (χ4v) is 1.61. The van der Waals surface area contributed by atoms with Gasteiger partial charge in [0, 0.05) is 19.2 Å². The summed E-state index contributed by atoms with van der Waals surface area (Å²) in [5, 5.41) is 12.6. The second-order valence-electron chi connectivity index (χ2n) is 3.56. The third-order valence-electron chi connectivity index (χ3n) is 2.46. The van der Waals surface area contributed by atoms with Crippen molar-refractivity contribution in [1.82, 2.24) is 5.32 Å². The van der Waals surface area contributed by atoms with Crippen molar-refractivity contribution in [1.29, 1.82) is 0 Å². The largest absolute Gasteiger partial charge is 0.497 e. The monoisotopic (exact) mass is 209 g/mol. The molecular weight excluding hydrogens is 194 g/mol. The van der Waals surface area contributed by atoms with Gasteiger partial charge in [-0.05, 0) is 12.1 Å². The summed E-state index contributed by atoms with van der Waals surface area (Å²) in [5.41, 5.74) is 0. The van der Waals surface area contributed by atoms with Crippen molar-refractivity contribution in [2.75, 3.05) is 20.2 Å². The molecule has 1 aromatic rings. The molecule has 1 fully saturated rings. The van der Waals surface area contributed by atoms with E-state index in [1.54, 1.807) is 7.11 Å². The van der Waals surface area contributed by atoms with Crippen LogP contribution in [0.3, 0.4) is 0 Å². The van der Waals surface area contributed by atoms with Crippen LogP contribution in [0.5, 0.6) is 11.5 Å². The van der Waals surface area contributed by atoms with E-state index in [4.69, 9.17) is 9.47 Å². The Hall–Kier alpha value is -1.26. The Kier molecular flexibility index (Phi) is 3.08. The normalized spacial score (nSPS) is 25.2. The number of methoxy groups -OCH3 is 1. The Morgan fingerprint density at radius 3 is 2.80 bits per heavy atom. The highest BCUT2D eigenvalue weighted by molar-refractivity contribution is 5.33. The van der Waals surface area contributed by atoms with E-state index < -0.39 is 6.10 Å². The van der Waals surface area contributed by atoms with Gasteiger partial charge in [0.1, 0.15) is 23.7 Å². The lowest BCUT2D eigenvalue weighted by Crippen LogP contribution is -2.29. The number of ether oxygens (including phenoxy) is 2. The van der Waals surface area contributed by atoms with Gasteiger partial charge >= 0.3 is 0 Å². The minimum atomic E-state index is -0.434. The summed E-state index contributed by atoms with van der Waals surface area (Å²) in [6, 6.07) is 7.39. The van der Waals surface area contributed by atoms with Gasteiger partial charge in [0.15, 0.2) is 0 Å².